The second kappa shape index (κ2) is 5.56. The van der Waals surface area contributed by atoms with E-state index in [9.17, 15) is 4.79 Å². The van der Waals surface area contributed by atoms with Gasteiger partial charge in [0.1, 0.15) is 5.82 Å². The van der Waals surface area contributed by atoms with Gasteiger partial charge in [-0.25, -0.2) is 9.97 Å². The number of aryl methyl sites for hydroxylation is 1. The van der Waals surface area contributed by atoms with Crippen molar-refractivity contribution in [2.75, 3.05) is 0 Å². The molecule has 0 bridgehead atoms. The van der Waals surface area contributed by atoms with Gasteiger partial charge in [-0.1, -0.05) is 13.0 Å². The van der Waals surface area contributed by atoms with Gasteiger partial charge in [0, 0.05) is 17.8 Å². The molecule has 0 fully saturated rings. The van der Waals surface area contributed by atoms with E-state index in [1.807, 2.05) is 38.1 Å². The number of rotatable bonds is 4. The fraction of sp³-hybridized carbons (Fsp3) is 0.286. The predicted octanol–water partition coefficient (Wildman–Crippen LogP) is 2.43. The smallest absolute Gasteiger partial charge is 0.304 e. The van der Waals surface area contributed by atoms with E-state index in [1.54, 1.807) is 6.20 Å². The molecule has 2 rings (SSSR count). The molecule has 2 heterocycles. The molecule has 0 amide bonds. The lowest BCUT2D eigenvalue weighted by molar-refractivity contribution is -0.137. The summed E-state index contributed by atoms with van der Waals surface area (Å²) in [5.41, 5.74) is 2.29. The Balaban J connectivity index is 2.37. The van der Waals surface area contributed by atoms with Gasteiger partial charge in [-0.3, -0.25) is 9.78 Å². The minimum Gasteiger partial charge on any atom is -0.481 e. The van der Waals surface area contributed by atoms with Gasteiger partial charge >= 0.3 is 5.97 Å². The zero-order valence-corrected chi connectivity index (χ0v) is 10.9. The fourth-order valence-electron chi connectivity index (χ4n) is 1.81. The van der Waals surface area contributed by atoms with Crippen molar-refractivity contribution >= 4 is 5.97 Å². The van der Waals surface area contributed by atoms with E-state index in [0.717, 1.165) is 17.1 Å². The van der Waals surface area contributed by atoms with Crippen molar-refractivity contribution in [2.24, 2.45) is 0 Å². The Labute approximate surface area is 111 Å². The molecule has 0 radical (unpaired) electrons. The quantitative estimate of drug-likeness (QED) is 0.910. The molecule has 19 heavy (non-hydrogen) atoms. The normalized spacial score (nSPS) is 12.1. The molecule has 0 spiro atoms. The van der Waals surface area contributed by atoms with Crippen LogP contribution in [0, 0.1) is 6.92 Å². The minimum atomic E-state index is -0.850. The first-order valence-corrected chi connectivity index (χ1v) is 6.05. The third kappa shape index (κ3) is 3.34. The van der Waals surface area contributed by atoms with Crippen molar-refractivity contribution in [1.82, 2.24) is 15.0 Å². The van der Waals surface area contributed by atoms with Crippen molar-refractivity contribution in [3.05, 3.63) is 42.0 Å². The molecule has 5 nitrogen and oxygen atoms in total. The number of hydrogen-bond donors (Lipinski definition) is 1. The van der Waals surface area contributed by atoms with Crippen LogP contribution in [0.5, 0.6) is 0 Å². The van der Waals surface area contributed by atoms with Crippen LogP contribution >= 0.6 is 0 Å². The molecule has 0 aliphatic rings. The Morgan fingerprint density at radius 3 is 2.74 bits per heavy atom. The number of nitrogens with zero attached hydrogens (tertiary/aromatic N) is 3. The number of pyridine rings is 1. The first-order valence-electron chi connectivity index (χ1n) is 6.05. The Kier molecular flexibility index (Phi) is 3.85. The van der Waals surface area contributed by atoms with Crippen LogP contribution in [0.2, 0.25) is 0 Å². The maximum absolute atomic E-state index is 10.8. The molecule has 2 aromatic rings. The monoisotopic (exact) mass is 257 g/mol. The van der Waals surface area contributed by atoms with E-state index in [1.165, 1.54) is 0 Å². The molecule has 2 aromatic heterocycles. The number of aliphatic carboxylic acids is 1. The number of carboxylic acid groups (broad SMARTS) is 1. The van der Waals surface area contributed by atoms with Crippen LogP contribution in [0.25, 0.3) is 11.4 Å². The highest BCUT2D eigenvalue weighted by molar-refractivity contribution is 5.67. The third-order valence-electron chi connectivity index (χ3n) is 2.72. The van der Waals surface area contributed by atoms with E-state index < -0.39 is 5.97 Å². The zero-order valence-electron chi connectivity index (χ0n) is 10.9. The average Bonchev–Trinajstić information content (AvgIpc) is 2.38. The summed E-state index contributed by atoms with van der Waals surface area (Å²) in [6.45, 7) is 3.68. The summed E-state index contributed by atoms with van der Waals surface area (Å²) in [6, 6.07) is 7.44. The molecular weight excluding hydrogens is 242 g/mol. The summed E-state index contributed by atoms with van der Waals surface area (Å²) in [7, 11) is 0. The van der Waals surface area contributed by atoms with Gasteiger partial charge in [0.25, 0.3) is 0 Å². The Bertz CT molecular complexity index is 584. The van der Waals surface area contributed by atoms with Crippen molar-refractivity contribution in [3.8, 4) is 11.4 Å². The Hall–Kier alpha value is -2.30. The summed E-state index contributed by atoms with van der Waals surface area (Å²) >= 11 is 0. The van der Waals surface area contributed by atoms with E-state index in [0.29, 0.717) is 5.82 Å². The summed E-state index contributed by atoms with van der Waals surface area (Å²) < 4.78 is 0. The second-order valence-electron chi connectivity index (χ2n) is 4.47. The summed E-state index contributed by atoms with van der Waals surface area (Å²) in [5, 5.41) is 8.83. The van der Waals surface area contributed by atoms with Crippen LogP contribution in [0.15, 0.2) is 30.5 Å². The highest BCUT2D eigenvalue weighted by Crippen LogP contribution is 2.20. The van der Waals surface area contributed by atoms with E-state index in [2.05, 4.69) is 15.0 Å². The fourth-order valence-corrected chi connectivity index (χ4v) is 1.81. The number of aromatic nitrogens is 3. The molecule has 0 saturated heterocycles. The van der Waals surface area contributed by atoms with E-state index in [-0.39, 0.29) is 12.3 Å². The van der Waals surface area contributed by atoms with Crippen molar-refractivity contribution in [1.29, 1.82) is 0 Å². The lowest BCUT2D eigenvalue weighted by atomic mass is 10.1. The highest BCUT2D eigenvalue weighted by atomic mass is 16.4. The van der Waals surface area contributed by atoms with Crippen molar-refractivity contribution < 1.29 is 9.90 Å². The first-order chi connectivity index (χ1) is 9.06. The molecule has 0 aliphatic heterocycles. The molecule has 1 N–H and O–H groups in total. The van der Waals surface area contributed by atoms with Gasteiger partial charge in [-0.15, -0.1) is 0 Å². The molecule has 5 heteroatoms. The Morgan fingerprint density at radius 1 is 1.32 bits per heavy atom. The minimum absolute atomic E-state index is 0.0190. The SMILES string of the molecule is Cc1cc(-c2ccccn2)nc(C(C)CC(=O)O)n1. The maximum Gasteiger partial charge on any atom is 0.304 e. The Morgan fingerprint density at radius 2 is 2.11 bits per heavy atom. The molecule has 0 aromatic carbocycles. The van der Waals surface area contributed by atoms with Crippen molar-refractivity contribution in [2.45, 2.75) is 26.2 Å². The number of carboxylic acids is 1. The van der Waals surface area contributed by atoms with Gasteiger partial charge < -0.3 is 5.11 Å². The predicted molar refractivity (Wildman–Crippen MR) is 70.7 cm³/mol. The number of carbonyl (C=O) groups is 1. The van der Waals surface area contributed by atoms with Crippen LogP contribution in [0.1, 0.15) is 30.8 Å². The average molecular weight is 257 g/mol. The zero-order chi connectivity index (χ0) is 13.8. The van der Waals surface area contributed by atoms with Gasteiger partial charge in [0.2, 0.25) is 0 Å². The second-order valence-corrected chi connectivity index (χ2v) is 4.47. The van der Waals surface area contributed by atoms with Crippen molar-refractivity contribution in [3.63, 3.8) is 0 Å². The maximum atomic E-state index is 10.8. The van der Waals surface area contributed by atoms with Crippen LogP contribution in [0.4, 0.5) is 0 Å². The highest BCUT2D eigenvalue weighted by Gasteiger charge is 2.15. The van der Waals surface area contributed by atoms with Crippen LogP contribution < -0.4 is 0 Å². The largest absolute Gasteiger partial charge is 0.481 e. The van der Waals surface area contributed by atoms with Crippen LogP contribution in [0.3, 0.4) is 0 Å². The van der Waals surface area contributed by atoms with E-state index in [4.69, 9.17) is 5.11 Å². The topological polar surface area (TPSA) is 76.0 Å². The lowest BCUT2D eigenvalue weighted by Crippen LogP contribution is -2.08. The third-order valence-corrected chi connectivity index (χ3v) is 2.72. The van der Waals surface area contributed by atoms with Gasteiger partial charge in [0.05, 0.1) is 17.8 Å². The number of hydrogen-bond acceptors (Lipinski definition) is 4. The van der Waals surface area contributed by atoms with Crippen LogP contribution in [-0.2, 0) is 4.79 Å². The lowest BCUT2D eigenvalue weighted by Gasteiger charge is -2.10. The summed E-state index contributed by atoms with van der Waals surface area (Å²) in [6.07, 6.45) is 1.72. The summed E-state index contributed by atoms with van der Waals surface area (Å²) in [5.74, 6) is -0.528. The van der Waals surface area contributed by atoms with Crippen LogP contribution in [-0.4, -0.2) is 26.0 Å². The molecule has 0 aliphatic carbocycles. The summed E-state index contributed by atoms with van der Waals surface area (Å²) in [4.78, 5) is 23.7. The molecule has 0 saturated carbocycles. The van der Waals surface area contributed by atoms with Gasteiger partial charge in [-0.05, 0) is 25.1 Å². The first kappa shape index (κ1) is 13.1. The molecule has 1 atom stereocenters. The van der Waals surface area contributed by atoms with Gasteiger partial charge in [-0.2, -0.15) is 0 Å². The van der Waals surface area contributed by atoms with E-state index >= 15 is 0 Å². The van der Waals surface area contributed by atoms with Gasteiger partial charge in [0.15, 0.2) is 0 Å². The molecule has 98 valence electrons. The standard InChI is InChI=1S/C14H15N3O2/c1-9(7-13(18)19)14-16-10(2)8-12(17-14)11-5-3-4-6-15-11/h3-6,8-9H,7H2,1-2H3,(H,18,19). The molecular formula is C14H15N3O2. The molecule has 1 unspecified atom stereocenters.